The predicted octanol–water partition coefficient (Wildman–Crippen LogP) is 4.99. The highest BCUT2D eigenvalue weighted by atomic mass is 79.9. The predicted molar refractivity (Wildman–Crippen MR) is 81.9 cm³/mol. The molecule has 1 aliphatic carbocycles. The van der Waals surface area contributed by atoms with E-state index >= 15 is 0 Å². The molecule has 1 aliphatic rings. The Balaban J connectivity index is 2.01. The van der Waals surface area contributed by atoms with Gasteiger partial charge in [0.15, 0.2) is 0 Å². The second kappa shape index (κ2) is 6.72. The van der Waals surface area contributed by atoms with Crippen LogP contribution in [0.2, 0.25) is 0 Å². The average molecular weight is 310 g/mol. The SMILES string of the molecule is CCCNC(CCC1CC1)c1ccc(Br)c(C)c1. The minimum atomic E-state index is 0.539. The molecule has 1 nitrogen and oxygen atoms in total. The van der Waals surface area contributed by atoms with Crippen molar-refractivity contribution in [2.24, 2.45) is 5.92 Å². The van der Waals surface area contributed by atoms with E-state index in [2.05, 4.69) is 53.3 Å². The molecule has 0 radical (unpaired) electrons. The summed E-state index contributed by atoms with van der Waals surface area (Å²) in [7, 11) is 0. The molecule has 0 heterocycles. The number of nitrogens with one attached hydrogen (secondary N) is 1. The van der Waals surface area contributed by atoms with Crippen molar-refractivity contribution in [3.8, 4) is 0 Å². The van der Waals surface area contributed by atoms with Crippen LogP contribution < -0.4 is 5.32 Å². The monoisotopic (exact) mass is 309 g/mol. The van der Waals surface area contributed by atoms with Crippen LogP contribution in [0.25, 0.3) is 0 Å². The van der Waals surface area contributed by atoms with Crippen molar-refractivity contribution in [2.45, 2.75) is 52.0 Å². The van der Waals surface area contributed by atoms with Crippen molar-refractivity contribution in [3.63, 3.8) is 0 Å². The summed E-state index contributed by atoms with van der Waals surface area (Å²) in [6.45, 7) is 5.52. The molecule has 1 aromatic rings. The van der Waals surface area contributed by atoms with Gasteiger partial charge in [-0.2, -0.15) is 0 Å². The van der Waals surface area contributed by atoms with Crippen LogP contribution in [0.4, 0.5) is 0 Å². The van der Waals surface area contributed by atoms with Gasteiger partial charge >= 0.3 is 0 Å². The fourth-order valence-electron chi connectivity index (χ4n) is 2.40. The summed E-state index contributed by atoms with van der Waals surface area (Å²) in [5.41, 5.74) is 2.78. The van der Waals surface area contributed by atoms with Gasteiger partial charge in [-0.25, -0.2) is 0 Å². The lowest BCUT2D eigenvalue weighted by molar-refractivity contribution is 0.470. The Hall–Kier alpha value is -0.340. The van der Waals surface area contributed by atoms with Crippen molar-refractivity contribution in [1.29, 1.82) is 0 Å². The number of hydrogen-bond acceptors (Lipinski definition) is 1. The maximum atomic E-state index is 3.70. The maximum Gasteiger partial charge on any atom is 0.0320 e. The largest absolute Gasteiger partial charge is 0.310 e. The molecule has 0 aromatic heterocycles. The molecule has 0 aliphatic heterocycles. The molecule has 18 heavy (non-hydrogen) atoms. The normalized spacial score (nSPS) is 16.8. The Morgan fingerprint density at radius 2 is 2.17 bits per heavy atom. The van der Waals surface area contributed by atoms with Gasteiger partial charge in [0.05, 0.1) is 0 Å². The van der Waals surface area contributed by atoms with Gasteiger partial charge in [-0.05, 0) is 55.8 Å². The first kappa shape index (κ1) is 14.1. The Morgan fingerprint density at radius 3 is 2.78 bits per heavy atom. The molecule has 2 rings (SSSR count). The van der Waals surface area contributed by atoms with E-state index in [4.69, 9.17) is 0 Å². The molecule has 0 amide bonds. The van der Waals surface area contributed by atoms with Crippen molar-refractivity contribution < 1.29 is 0 Å². The minimum absolute atomic E-state index is 0.539. The molecule has 1 unspecified atom stereocenters. The van der Waals surface area contributed by atoms with E-state index in [-0.39, 0.29) is 0 Å². The van der Waals surface area contributed by atoms with Gasteiger partial charge in [-0.15, -0.1) is 0 Å². The van der Waals surface area contributed by atoms with Gasteiger partial charge in [0.25, 0.3) is 0 Å². The number of rotatable bonds is 7. The molecule has 0 bridgehead atoms. The summed E-state index contributed by atoms with van der Waals surface area (Å²) < 4.78 is 1.21. The molecule has 0 saturated heterocycles. The van der Waals surface area contributed by atoms with Crippen LogP contribution in [0.15, 0.2) is 22.7 Å². The number of benzene rings is 1. The summed E-state index contributed by atoms with van der Waals surface area (Å²) >= 11 is 3.58. The van der Waals surface area contributed by atoms with E-state index in [1.807, 2.05) is 0 Å². The zero-order valence-electron chi connectivity index (χ0n) is 11.5. The van der Waals surface area contributed by atoms with Crippen molar-refractivity contribution in [1.82, 2.24) is 5.32 Å². The summed E-state index contributed by atoms with van der Waals surface area (Å²) in [4.78, 5) is 0. The minimum Gasteiger partial charge on any atom is -0.310 e. The molecule has 1 atom stereocenters. The van der Waals surface area contributed by atoms with E-state index in [0.717, 1.165) is 12.5 Å². The van der Waals surface area contributed by atoms with Crippen molar-refractivity contribution >= 4 is 15.9 Å². The number of halogens is 1. The summed E-state index contributed by atoms with van der Waals surface area (Å²) in [6, 6.07) is 7.31. The van der Waals surface area contributed by atoms with Gasteiger partial charge < -0.3 is 5.32 Å². The van der Waals surface area contributed by atoms with Crippen LogP contribution in [-0.4, -0.2) is 6.54 Å². The zero-order chi connectivity index (χ0) is 13.0. The third-order valence-electron chi connectivity index (χ3n) is 3.79. The van der Waals surface area contributed by atoms with Gasteiger partial charge in [0.2, 0.25) is 0 Å². The van der Waals surface area contributed by atoms with Gasteiger partial charge in [-0.3, -0.25) is 0 Å². The smallest absolute Gasteiger partial charge is 0.0320 e. The van der Waals surface area contributed by atoms with Gasteiger partial charge in [-0.1, -0.05) is 47.8 Å². The fraction of sp³-hybridized carbons (Fsp3) is 0.625. The number of aryl methyl sites for hydroxylation is 1. The molecule has 100 valence electrons. The van der Waals surface area contributed by atoms with Crippen LogP contribution in [-0.2, 0) is 0 Å². The molecule has 1 saturated carbocycles. The van der Waals surface area contributed by atoms with Gasteiger partial charge in [0, 0.05) is 10.5 Å². The summed E-state index contributed by atoms with van der Waals surface area (Å²) in [5.74, 6) is 1.02. The van der Waals surface area contributed by atoms with E-state index in [0.29, 0.717) is 6.04 Å². The molecule has 2 heteroatoms. The van der Waals surface area contributed by atoms with Crippen LogP contribution in [0.1, 0.15) is 56.2 Å². The first-order valence-electron chi connectivity index (χ1n) is 7.20. The van der Waals surface area contributed by atoms with Crippen LogP contribution in [0, 0.1) is 12.8 Å². The second-order valence-corrected chi connectivity index (χ2v) is 6.39. The first-order valence-corrected chi connectivity index (χ1v) is 7.99. The highest BCUT2D eigenvalue weighted by Crippen LogP contribution is 2.36. The Labute approximate surface area is 119 Å². The lowest BCUT2D eigenvalue weighted by atomic mass is 9.99. The van der Waals surface area contributed by atoms with Gasteiger partial charge in [0.1, 0.15) is 0 Å². The third-order valence-corrected chi connectivity index (χ3v) is 4.68. The topological polar surface area (TPSA) is 12.0 Å². The highest BCUT2D eigenvalue weighted by molar-refractivity contribution is 9.10. The second-order valence-electron chi connectivity index (χ2n) is 5.54. The van der Waals surface area contributed by atoms with E-state index in [9.17, 15) is 0 Å². The van der Waals surface area contributed by atoms with Crippen LogP contribution in [0.3, 0.4) is 0 Å². The standard InChI is InChI=1S/C16H24BrN/c1-3-10-18-16(9-6-13-4-5-13)14-7-8-15(17)12(2)11-14/h7-8,11,13,16,18H,3-6,9-10H2,1-2H3. The first-order chi connectivity index (χ1) is 8.70. The summed E-state index contributed by atoms with van der Waals surface area (Å²) in [6.07, 6.45) is 6.79. The van der Waals surface area contributed by atoms with E-state index in [1.165, 1.54) is 47.7 Å². The Bertz CT molecular complexity index is 385. The molecular weight excluding hydrogens is 286 g/mol. The molecular formula is C16H24BrN. The number of hydrogen-bond donors (Lipinski definition) is 1. The van der Waals surface area contributed by atoms with Crippen LogP contribution >= 0.6 is 15.9 Å². The average Bonchev–Trinajstić information content (AvgIpc) is 3.17. The lowest BCUT2D eigenvalue weighted by Gasteiger charge is -2.20. The molecule has 1 aromatic carbocycles. The lowest BCUT2D eigenvalue weighted by Crippen LogP contribution is -2.22. The van der Waals surface area contributed by atoms with E-state index in [1.54, 1.807) is 0 Å². The van der Waals surface area contributed by atoms with Crippen LogP contribution in [0.5, 0.6) is 0 Å². The quantitative estimate of drug-likeness (QED) is 0.748. The summed E-state index contributed by atoms with van der Waals surface area (Å²) in [5, 5.41) is 3.70. The highest BCUT2D eigenvalue weighted by Gasteiger charge is 2.23. The fourth-order valence-corrected chi connectivity index (χ4v) is 2.65. The molecule has 1 N–H and O–H groups in total. The molecule has 1 fully saturated rings. The zero-order valence-corrected chi connectivity index (χ0v) is 13.1. The van der Waals surface area contributed by atoms with Crippen molar-refractivity contribution in [2.75, 3.05) is 6.54 Å². The Kier molecular flexibility index (Phi) is 5.25. The van der Waals surface area contributed by atoms with Crippen molar-refractivity contribution in [3.05, 3.63) is 33.8 Å². The van der Waals surface area contributed by atoms with E-state index < -0.39 is 0 Å². The molecule has 0 spiro atoms. The maximum absolute atomic E-state index is 3.70. The third kappa shape index (κ3) is 4.10. The Morgan fingerprint density at radius 1 is 1.39 bits per heavy atom.